The Bertz CT molecular complexity index is 387. The molecule has 0 aliphatic carbocycles. The van der Waals surface area contributed by atoms with Crippen LogP contribution >= 0.6 is 0 Å². The maximum atomic E-state index is 11.3. The van der Waals surface area contributed by atoms with Gasteiger partial charge in [0.1, 0.15) is 5.75 Å². The van der Waals surface area contributed by atoms with Crippen LogP contribution in [0.2, 0.25) is 0 Å². The molecule has 1 atom stereocenters. The van der Waals surface area contributed by atoms with Crippen LogP contribution < -0.4 is 4.74 Å². The van der Waals surface area contributed by atoms with Crippen molar-refractivity contribution in [3.8, 4) is 5.75 Å². The fourth-order valence-corrected chi connectivity index (χ4v) is 2.21. The highest BCUT2D eigenvalue weighted by atomic mass is 16.5. The molecule has 0 aliphatic heterocycles. The third-order valence-corrected chi connectivity index (χ3v) is 3.37. The van der Waals surface area contributed by atoms with Crippen molar-refractivity contribution in [3.63, 3.8) is 0 Å². The van der Waals surface area contributed by atoms with Crippen molar-refractivity contribution < 1.29 is 14.6 Å². The molecule has 0 saturated carbocycles. The average molecular weight is 264 g/mol. The lowest BCUT2D eigenvalue weighted by molar-refractivity contribution is -0.142. The third kappa shape index (κ3) is 5.77. The molecule has 106 valence electrons. The van der Waals surface area contributed by atoms with Crippen LogP contribution in [-0.2, 0) is 11.2 Å². The molecule has 3 heteroatoms. The van der Waals surface area contributed by atoms with Crippen LogP contribution in [0.15, 0.2) is 24.3 Å². The van der Waals surface area contributed by atoms with Crippen LogP contribution in [0, 0.1) is 5.92 Å². The molecule has 0 saturated heterocycles. The second-order valence-corrected chi connectivity index (χ2v) is 4.94. The zero-order valence-corrected chi connectivity index (χ0v) is 11.9. The molecule has 0 aromatic heterocycles. The van der Waals surface area contributed by atoms with Gasteiger partial charge in [0.2, 0.25) is 0 Å². The van der Waals surface area contributed by atoms with Crippen LogP contribution in [0.3, 0.4) is 0 Å². The number of hydrogen-bond donors (Lipinski definition) is 1. The third-order valence-electron chi connectivity index (χ3n) is 3.37. The molecule has 0 radical (unpaired) electrons. The molecule has 19 heavy (non-hydrogen) atoms. The van der Waals surface area contributed by atoms with Gasteiger partial charge in [-0.05, 0) is 30.5 Å². The summed E-state index contributed by atoms with van der Waals surface area (Å²) in [6.45, 7) is 2.16. The number of carboxylic acid groups (broad SMARTS) is 1. The summed E-state index contributed by atoms with van der Waals surface area (Å²) >= 11 is 0. The zero-order chi connectivity index (χ0) is 14.1. The van der Waals surface area contributed by atoms with E-state index in [1.807, 2.05) is 24.3 Å². The van der Waals surface area contributed by atoms with Crippen LogP contribution in [0.1, 0.15) is 44.6 Å². The molecule has 0 aliphatic rings. The summed E-state index contributed by atoms with van der Waals surface area (Å²) < 4.78 is 5.16. The monoisotopic (exact) mass is 264 g/mol. The van der Waals surface area contributed by atoms with Crippen LogP contribution in [0.4, 0.5) is 0 Å². The van der Waals surface area contributed by atoms with Gasteiger partial charge in [0.25, 0.3) is 0 Å². The number of rotatable bonds is 9. The molecule has 1 aromatic rings. The molecule has 0 spiro atoms. The summed E-state index contributed by atoms with van der Waals surface area (Å²) in [5, 5.41) is 9.29. The first-order valence-electron chi connectivity index (χ1n) is 7.03. The molecular weight excluding hydrogens is 240 g/mol. The second-order valence-electron chi connectivity index (χ2n) is 4.94. The van der Waals surface area contributed by atoms with E-state index in [1.165, 1.54) is 12.8 Å². The predicted octanol–water partition coefficient (Wildman–Crippen LogP) is 3.91. The van der Waals surface area contributed by atoms with E-state index in [2.05, 4.69) is 6.92 Å². The van der Waals surface area contributed by atoms with E-state index in [0.29, 0.717) is 6.42 Å². The van der Waals surface area contributed by atoms with Gasteiger partial charge >= 0.3 is 5.97 Å². The molecule has 3 nitrogen and oxygen atoms in total. The van der Waals surface area contributed by atoms with E-state index in [1.54, 1.807) is 7.11 Å². The number of benzene rings is 1. The molecular formula is C16H24O3. The first-order valence-corrected chi connectivity index (χ1v) is 7.03. The largest absolute Gasteiger partial charge is 0.497 e. The maximum absolute atomic E-state index is 11.3. The number of carbonyl (C=O) groups is 1. The van der Waals surface area contributed by atoms with E-state index in [0.717, 1.165) is 30.6 Å². The summed E-state index contributed by atoms with van der Waals surface area (Å²) in [7, 11) is 1.62. The quantitative estimate of drug-likeness (QED) is 0.688. The molecule has 0 amide bonds. The molecule has 0 fully saturated rings. The minimum absolute atomic E-state index is 0.288. The Hall–Kier alpha value is -1.51. The summed E-state index contributed by atoms with van der Waals surface area (Å²) in [5.74, 6) is -0.198. The van der Waals surface area contributed by atoms with Gasteiger partial charge in [0, 0.05) is 0 Å². The smallest absolute Gasteiger partial charge is 0.306 e. The number of unbranched alkanes of at least 4 members (excludes halogenated alkanes) is 3. The minimum atomic E-state index is -0.695. The van der Waals surface area contributed by atoms with Crippen molar-refractivity contribution in [2.24, 2.45) is 5.92 Å². The second kappa shape index (κ2) is 8.57. The van der Waals surface area contributed by atoms with Crippen molar-refractivity contribution in [2.45, 2.75) is 45.4 Å². The van der Waals surface area contributed by atoms with Crippen molar-refractivity contribution in [1.29, 1.82) is 0 Å². The van der Waals surface area contributed by atoms with Gasteiger partial charge in [-0.2, -0.15) is 0 Å². The van der Waals surface area contributed by atoms with Crippen LogP contribution in [0.5, 0.6) is 5.75 Å². The lowest BCUT2D eigenvalue weighted by Gasteiger charge is -2.13. The van der Waals surface area contributed by atoms with Crippen molar-refractivity contribution >= 4 is 5.97 Å². The summed E-state index contributed by atoms with van der Waals surface area (Å²) in [6, 6.07) is 7.66. The molecule has 1 aromatic carbocycles. The highest BCUT2D eigenvalue weighted by molar-refractivity contribution is 5.70. The topological polar surface area (TPSA) is 46.5 Å². The summed E-state index contributed by atoms with van der Waals surface area (Å²) in [6.07, 6.45) is 5.82. The van der Waals surface area contributed by atoms with Crippen molar-refractivity contribution in [2.75, 3.05) is 7.11 Å². The zero-order valence-electron chi connectivity index (χ0n) is 11.9. The molecule has 1 N–H and O–H groups in total. The Labute approximate surface area is 115 Å². The SMILES string of the molecule is CCCCCCC(Cc1cccc(OC)c1)C(=O)O. The standard InChI is InChI=1S/C16H24O3/c1-3-4-5-6-9-14(16(17)18)11-13-8-7-10-15(12-13)19-2/h7-8,10,12,14H,3-6,9,11H2,1-2H3,(H,17,18). The van der Waals surface area contributed by atoms with Crippen LogP contribution in [-0.4, -0.2) is 18.2 Å². The number of carboxylic acids is 1. The molecule has 0 heterocycles. The first-order chi connectivity index (χ1) is 9.17. The molecule has 0 bridgehead atoms. The highest BCUT2D eigenvalue weighted by Crippen LogP contribution is 2.20. The average Bonchev–Trinajstić information content (AvgIpc) is 2.42. The fourth-order valence-electron chi connectivity index (χ4n) is 2.21. The number of aliphatic carboxylic acids is 1. The Kier molecular flexibility index (Phi) is 7.01. The summed E-state index contributed by atoms with van der Waals surface area (Å²) in [5.41, 5.74) is 1.03. The Balaban J connectivity index is 2.54. The molecule has 1 unspecified atom stereocenters. The predicted molar refractivity (Wildman–Crippen MR) is 76.6 cm³/mol. The van der Waals surface area contributed by atoms with Crippen LogP contribution in [0.25, 0.3) is 0 Å². The Morgan fingerprint density at radius 2 is 2.11 bits per heavy atom. The molecule has 1 rings (SSSR count). The van der Waals surface area contributed by atoms with Crippen molar-refractivity contribution in [3.05, 3.63) is 29.8 Å². The Morgan fingerprint density at radius 3 is 2.74 bits per heavy atom. The summed E-state index contributed by atoms with van der Waals surface area (Å²) in [4.78, 5) is 11.3. The van der Waals surface area contributed by atoms with E-state index in [-0.39, 0.29) is 5.92 Å². The first kappa shape index (κ1) is 15.5. The number of methoxy groups -OCH3 is 1. The maximum Gasteiger partial charge on any atom is 0.306 e. The van der Waals surface area contributed by atoms with Gasteiger partial charge in [-0.3, -0.25) is 4.79 Å². The Morgan fingerprint density at radius 1 is 1.32 bits per heavy atom. The highest BCUT2D eigenvalue weighted by Gasteiger charge is 2.17. The van der Waals surface area contributed by atoms with E-state index >= 15 is 0 Å². The van der Waals surface area contributed by atoms with E-state index in [9.17, 15) is 9.90 Å². The van der Waals surface area contributed by atoms with Gasteiger partial charge in [-0.25, -0.2) is 0 Å². The number of hydrogen-bond acceptors (Lipinski definition) is 2. The van der Waals surface area contributed by atoms with Gasteiger partial charge in [-0.1, -0.05) is 44.7 Å². The van der Waals surface area contributed by atoms with E-state index < -0.39 is 5.97 Å². The van der Waals surface area contributed by atoms with Gasteiger partial charge in [-0.15, -0.1) is 0 Å². The van der Waals surface area contributed by atoms with E-state index in [4.69, 9.17) is 4.74 Å². The minimum Gasteiger partial charge on any atom is -0.497 e. The van der Waals surface area contributed by atoms with Gasteiger partial charge < -0.3 is 9.84 Å². The fraction of sp³-hybridized carbons (Fsp3) is 0.562. The van der Waals surface area contributed by atoms with Gasteiger partial charge in [0.15, 0.2) is 0 Å². The van der Waals surface area contributed by atoms with Crippen molar-refractivity contribution in [1.82, 2.24) is 0 Å². The number of ether oxygens (including phenoxy) is 1. The van der Waals surface area contributed by atoms with Gasteiger partial charge in [0.05, 0.1) is 13.0 Å². The lowest BCUT2D eigenvalue weighted by atomic mass is 9.93. The lowest BCUT2D eigenvalue weighted by Crippen LogP contribution is -2.16. The normalized spacial score (nSPS) is 12.1.